The molecule has 0 spiro atoms. The fourth-order valence-corrected chi connectivity index (χ4v) is 8.92. The Kier molecular flexibility index (Phi) is 51.1. The average Bonchev–Trinajstić information content (AvgIpc) is 3.28. The number of unbranched alkanes of at least 4 members (excludes halogenated alkanes) is 40. The van der Waals surface area contributed by atoms with Crippen LogP contribution < -0.4 is 0 Å². The lowest BCUT2D eigenvalue weighted by molar-refractivity contribution is -0.167. The Morgan fingerprint density at radius 1 is 0.297 bits per heavy atom. The van der Waals surface area contributed by atoms with Crippen LogP contribution in [0.5, 0.6) is 0 Å². The van der Waals surface area contributed by atoms with E-state index < -0.39 is 6.10 Å². The summed E-state index contributed by atoms with van der Waals surface area (Å²) < 4.78 is 16.9. The molecular weight excluding hydrogens is 793 g/mol. The molecule has 0 N–H and O–H groups in total. The first-order chi connectivity index (χ1) is 31.4. The predicted octanol–water partition coefficient (Wildman–Crippen LogP) is 19.0. The summed E-state index contributed by atoms with van der Waals surface area (Å²) in [5, 5.41) is 0. The second-order valence-electron chi connectivity index (χ2n) is 20.4. The van der Waals surface area contributed by atoms with Gasteiger partial charge in [0.05, 0.1) is 0 Å². The monoisotopic (exact) mass is 905 g/mol. The lowest BCUT2D eigenvalue weighted by Crippen LogP contribution is -2.30. The minimum atomic E-state index is -0.762. The molecule has 380 valence electrons. The molecule has 0 amide bonds. The van der Waals surface area contributed by atoms with Gasteiger partial charge in [0.25, 0.3) is 0 Å². The zero-order valence-corrected chi connectivity index (χ0v) is 43.8. The Morgan fingerprint density at radius 2 is 0.516 bits per heavy atom. The molecule has 0 saturated heterocycles. The number of hydrogen-bond donors (Lipinski definition) is 0. The molecule has 0 aliphatic rings. The van der Waals surface area contributed by atoms with Crippen LogP contribution in [-0.2, 0) is 28.6 Å². The Hall–Kier alpha value is -1.59. The smallest absolute Gasteiger partial charge is 0.306 e. The molecule has 0 unspecified atom stereocenters. The molecule has 0 heterocycles. The van der Waals surface area contributed by atoms with Crippen LogP contribution in [-0.4, -0.2) is 37.2 Å². The predicted molar refractivity (Wildman–Crippen MR) is 275 cm³/mol. The number of carbonyl (C=O) groups is 3. The zero-order valence-electron chi connectivity index (χ0n) is 43.8. The van der Waals surface area contributed by atoms with Crippen LogP contribution >= 0.6 is 0 Å². The Balaban J connectivity index is 4.27. The van der Waals surface area contributed by atoms with Gasteiger partial charge in [-0.15, -0.1) is 0 Å². The molecule has 6 heteroatoms. The summed E-state index contributed by atoms with van der Waals surface area (Å²) in [6.07, 6.45) is 56.7. The van der Waals surface area contributed by atoms with Crippen LogP contribution in [0.1, 0.15) is 329 Å². The van der Waals surface area contributed by atoms with Crippen molar-refractivity contribution >= 4 is 17.9 Å². The molecule has 0 aromatic rings. The molecule has 6 nitrogen and oxygen atoms in total. The third-order valence-corrected chi connectivity index (χ3v) is 13.3. The first-order valence-electron chi connectivity index (χ1n) is 28.9. The van der Waals surface area contributed by atoms with Crippen LogP contribution in [0.3, 0.4) is 0 Å². The summed E-state index contributed by atoms with van der Waals surface area (Å²) in [5.74, 6) is -0.0290. The van der Waals surface area contributed by atoms with Crippen molar-refractivity contribution in [3.63, 3.8) is 0 Å². The van der Waals surface area contributed by atoms with E-state index in [2.05, 4.69) is 27.7 Å². The summed E-state index contributed by atoms with van der Waals surface area (Å²) in [6, 6.07) is 0. The Labute approximate surface area is 399 Å². The molecule has 1 atom stereocenters. The van der Waals surface area contributed by atoms with E-state index in [-0.39, 0.29) is 31.1 Å². The van der Waals surface area contributed by atoms with Gasteiger partial charge in [0, 0.05) is 19.3 Å². The molecule has 0 saturated carbocycles. The van der Waals surface area contributed by atoms with Gasteiger partial charge in [-0.1, -0.05) is 291 Å². The molecule has 0 bridgehead atoms. The van der Waals surface area contributed by atoms with Crippen molar-refractivity contribution in [3.05, 3.63) is 0 Å². The highest BCUT2D eigenvalue weighted by Gasteiger charge is 2.19. The van der Waals surface area contributed by atoms with E-state index in [0.717, 1.165) is 63.7 Å². The highest BCUT2D eigenvalue weighted by atomic mass is 16.6. The molecule has 0 fully saturated rings. The summed E-state index contributed by atoms with van der Waals surface area (Å²) in [5.41, 5.74) is 0. The third kappa shape index (κ3) is 51.4. The quantitative estimate of drug-likeness (QED) is 0.0344. The normalized spacial score (nSPS) is 12.0. The van der Waals surface area contributed by atoms with Crippen LogP contribution in [0.25, 0.3) is 0 Å². The minimum Gasteiger partial charge on any atom is -0.462 e. The average molecular weight is 906 g/mol. The van der Waals surface area contributed by atoms with E-state index in [4.69, 9.17) is 14.2 Å². The van der Waals surface area contributed by atoms with Gasteiger partial charge in [-0.2, -0.15) is 0 Å². The van der Waals surface area contributed by atoms with Crippen molar-refractivity contribution in [2.75, 3.05) is 13.2 Å². The van der Waals surface area contributed by atoms with Gasteiger partial charge in [0.2, 0.25) is 0 Å². The lowest BCUT2D eigenvalue weighted by Gasteiger charge is -2.18. The first-order valence-corrected chi connectivity index (χ1v) is 28.9. The van der Waals surface area contributed by atoms with Gasteiger partial charge in [-0.3, -0.25) is 14.4 Å². The first kappa shape index (κ1) is 62.4. The van der Waals surface area contributed by atoms with Gasteiger partial charge in [-0.05, 0) is 25.2 Å². The Morgan fingerprint density at radius 3 is 0.766 bits per heavy atom. The second-order valence-corrected chi connectivity index (χ2v) is 20.4. The molecular formula is C58H112O6. The van der Waals surface area contributed by atoms with Crippen molar-refractivity contribution < 1.29 is 28.6 Å². The van der Waals surface area contributed by atoms with Gasteiger partial charge < -0.3 is 14.2 Å². The third-order valence-electron chi connectivity index (χ3n) is 13.3. The number of rotatable bonds is 53. The van der Waals surface area contributed by atoms with Crippen molar-refractivity contribution in [1.29, 1.82) is 0 Å². The fraction of sp³-hybridized carbons (Fsp3) is 0.948. The van der Waals surface area contributed by atoms with Crippen molar-refractivity contribution in [1.82, 2.24) is 0 Å². The SMILES string of the molecule is CCCCCCCCCCCCCCCCCCCCCC(=O)O[C@@H](COC(=O)CCCCCCCCCCCCCCCCC)COC(=O)CCCCCCCCCCCC(C)C. The molecule has 0 aromatic heterocycles. The van der Waals surface area contributed by atoms with Crippen molar-refractivity contribution in [2.24, 2.45) is 5.92 Å². The van der Waals surface area contributed by atoms with Gasteiger partial charge in [-0.25, -0.2) is 0 Å². The maximum Gasteiger partial charge on any atom is 0.306 e. The number of esters is 3. The maximum atomic E-state index is 12.8. The molecule has 0 aromatic carbocycles. The molecule has 0 aliphatic heterocycles. The number of hydrogen-bond acceptors (Lipinski definition) is 6. The minimum absolute atomic E-state index is 0.0622. The summed E-state index contributed by atoms with van der Waals surface area (Å²) in [6.45, 7) is 9.03. The van der Waals surface area contributed by atoms with Crippen molar-refractivity contribution in [2.45, 2.75) is 336 Å². The number of ether oxygens (including phenoxy) is 3. The van der Waals surface area contributed by atoms with Crippen molar-refractivity contribution in [3.8, 4) is 0 Å². The maximum absolute atomic E-state index is 12.8. The van der Waals surface area contributed by atoms with Crippen LogP contribution in [0.2, 0.25) is 0 Å². The molecule has 0 radical (unpaired) electrons. The summed E-state index contributed by atoms with van der Waals surface area (Å²) in [7, 11) is 0. The highest BCUT2D eigenvalue weighted by Crippen LogP contribution is 2.18. The van der Waals surface area contributed by atoms with Gasteiger partial charge >= 0.3 is 17.9 Å². The zero-order chi connectivity index (χ0) is 46.7. The topological polar surface area (TPSA) is 78.9 Å². The largest absolute Gasteiger partial charge is 0.462 e. The molecule has 64 heavy (non-hydrogen) atoms. The van der Waals surface area contributed by atoms with Crippen LogP contribution in [0, 0.1) is 5.92 Å². The number of carbonyl (C=O) groups excluding carboxylic acids is 3. The van der Waals surface area contributed by atoms with E-state index >= 15 is 0 Å². The molecule has 0 aliphatic carbocycles. The van der Waals surface area contributed by atoms with Gasteiger partial charge in [0.15, 0.2) is 6.10 Å². The van der Waals surface area contributed by atoms with E-state index in [1.807, 2.05) is 0 Å². The fourth-order valence-electron chi connectivity index (χ4n) is 8.92. The highest BCUT2D eigenvalue weighted by molar-refractivity contribution is 5.71. The lowest BCUT2D eigenvalue weighted by atomic mass is 10.0. The second kappa shape index (κ2) is 52.4. The van der Waals surface area contributed by atoms with E-state index in [1.54, 1.807) is 0 Å². The van der Waals surface area contributed by atoms with Crippen LogP contribution in [0.4, 0.5) is 0 Å². The van der Waals surface area contributed by atoms with E-state index in [1.165, 1.54) is 225 Å². The van der Waals surface area contributed by atoms with Crippen LogP contribution in [0.15, 0.2) is 0 Å². The standard InChI is InChI=1S/C58H112O6/c1-5-7-9-11-13-15-17-19-21-22-23-24-26-28-30-34-39-43-47-51-58(61)64-55(53-63-57(60)50-46-42-38-35-31-32-36-40-44-48-54(3)4)52-62-56(59)49-45-41-37-33-29-27-25-20-18-16-14-12-10-8-6-2/h54-55H,5-53H2,1-4H3/t55-/m0/s1. The summed E-state index contributed by atoms with van der Waals surface area (Å²) in [4.78, 5) is 38.1. The van der Waals surface area contributed by atoms with Gasteiger partial charge in [0.1, 0.15) is 13.2 Å². The van der Waals surface area contributed by atoms with E-state index in [9.17, 15) is 14.4 Å². The Bertz CT molecular complexity index is 964. The van der Waals surface area contributed by atoms with E-state index in [0.29, 0.717) is 19.3 Å². The summed E-state index contributed by atoms with van der Waals surface area (Å²) >= 11 is 0. The molecule has 0 rings (SSSR count).